The third-order valence-corrected chi connectivity index (χ3v) is 4.98. The van der Waals surface area contributed by atoms with Gasteiger partial charge in [-0.15, -0.1) is 11.3 Å². The summed E-state index contributed by atoms with van der Waals surface area (Å²) in [5.41, 5.74) is 1.95. The van der Waals surface area contributed by atoms with E-state index in [1.165, 1.54) is 25.6 Å². The standard InChI is InChI=1S/C20H18N2O5S/c1-24-15-4-3-5-16(25-2)18(15)19(23)22-20-21-13(11-28-20)12-6-7-14-17(10-12)27-9-8-26-14/h3-7,10-11H,8-9H2,1-2H3,(H,21,22,23). The molecule has 0 unspecified atom stereocenters. The molecule has 8 heteroatoms. The van der Waals surface area contributed by atoms with Crippen LogP contribution in [0.4, 0.5) is 5.13 Å². The van der Waals surface area contributed by atoms with Crippen LogP contribution in [0.2, 0.25) is 0 Å². The molecule has 0 atom stereocenters. The van der Waals surface area contributed by atoms with Gasteiger partial charge in [0.05, 0.1) is 19.9 Å². The average Bonchev–Trinajstić information content (AvgIpc) is 3.21. The zero-order chi connectivity index (χ0) is 19.5. The van der Waals surface area contributed by atoms with Crippen LogP contribution in [0, 0.1) is 0 Å². The van der Waals surface area contributed by atoms with Crippen LogP contribution in [-0.2, 0) is 0 Å². The lowest BCUT2D eigenvalue weighted by Crippen LogP contribution is -2.15. The van der Waals surface area contributed by atoms with Crippen molar-refractivity contribution in [1.29, 1.82) is 0 Å². The van der Waals surface area contributed by atoms with Crippen molar-refractivity contribution in [3.8, 4) is 34.3 Å². The third-order valence-electron chi connectivity index (χ3n) is 4.22. The van der Waals surface area contributed by atoms with Gasteiger partial charge in [0, 0.05) is 10.9 Å². The first-order valence-corrected chi connectivity index (χ1v) is 9.45. The number of fused-ring (bicyclic) bond motifs is 1. The van der Waals surface area contributed by atoms with Gasteiger partial charge in [-0.25, -0.2) is 4.98 Å². The minimum absolute atomic E-state index is 0.323. The van der Waals surface area contributed by atoms with Crippen LogP contribution >= 0.6 is 11.3 Å². The fourth-order valence-corrected chi connectivity index (χ4v) is 3.62. The summed E-state index contributed by atoms with van der Waals surface area (Å²) in [5, 5.41) is 5.16. The lowest BCUT2D eigenvalue weighted by atomic mass is 10.1. The Morgan fingerprint density at radius 2 is 1.79 bits per heavy atom. The topological polar surface area (TPSA) is 78.9 Å². The van der Waals surface area contributed by atoms with E-state index in [-0.39, 0.29) is 5.91 Å². The largest absolute Gasteiger partial charge is 0.496 e. The number of hydrogen-bond donors (Lipinski definition) is 1. The lowest BCUT2D eigenvalue weighted by molar-refractivity contribution is 0.102. The molecule has 1 aromatic heterocycles. The Balaban J connectivity index is 1.57. The highest BCUT2D eigenvalue weighted by atomic mass is 32.1. The zero-order valence-electron chi connectivity index (χ0n) is 15.4. The molecule has 0 bridgehead atoms. The maximum atomic E-state index is 12.8. The van der Waals surface area contributed by atoms with Gasteiger partial charge >= 0.3 is 0 Å². The van der Waals surface area contributed by atoms with E-state index in [4.69, 9.17) is 18.9 Å². The van der Waals surface area contributed by atoms with Crippen molar-refractivity contribution in [3.05, 3.63) is 47.3 Å². The van der Waals surface area contributed by atoms with Crippen LogP contribution in [-0.4, -0.2) is 38.3 Å². The van der Waals surface area contributed by atoms with E-state index in [2.05, 4.69) is 10.3 Å². The number of carbonyl (C=O) groups is 1. The van der Waals surface area contributed by atoms with Gasteiger partial charge < -0.3 is 18.9 Å². The summed E-state index contributed by atoms with van der Waals surface area (Å²) in [6, 6.07) is 10.8. The Morgan fingerprint density at radius 1 is 1.07 bits per heavy atom. The van der Waals surface area contributed by atoms with Crippen LogP contribution in [0.3, 0.4) is 0 Å². The molecule has 0 saturated heterocycles. The number of aromatic nitrogens is 1. The van der Waals surface area contributed by atoms with Crippen LogP contribution < -0.4 is 24.3 Å². The number of nitrogens with one attached hydrogen (secondary N) is 1. The van der Waals surface area contributed by atoms with Crippen molar-refractivity contribution < 1.29 is 23.7 Å². The average molecular weight is 398 g/mol. The van der Waals surface area contributed by atoms with Gasteiger partial charge in [-0.2, -0.15) is 0 Å². The first-order chi connectivity index (χ1) is 13.7. The number of thiazole rings is 1. The first-order valence-electron chi connectivity index (χ1n) is 8.57. The van der Waals surface area contributed by atoms with Gasteiger partial charge in [-0.05, 0) is 30.3 Å². The molecular formula is C20H18N2O5S. The van der Waals surface area contributed by atoms with Gasteiger partial charge in [0.1, 0.15) is 30.3 Å². The Kier molecular flexibility index (Phi) is 5.03. The van der Waals surface area contributed by atoms with E-state index < -0.39 is 0 Å². The number of amides is 1. The summed E-state index contributed by atoms with van der Waals surface area (Å²) in [7, 11) is 3.02. The summed E-state index contributed by atoms with van der Waals surface area (Å²) in [6.45, 7) is 1.07. The summed E-state index contributed by atoms with van der Waals surface area (Å²) in [6.07, 6.45) is 0. The van der Waals surface area contributed by atoms with E-state index in [1.807, 2.05) is 23.6 Å². The molecule has 4 rings (SSSR count). The Morgan fingerprint density at radius 3 is 2.50 bits per heavy atom. The van der Waals surface area contributed by atoms with Gasteiger partial charge in [0.2, 0.25) is 0 Å². The van der Waals surface area contributed by atoms with E-state index in [0.717, 1.165) is 17.0 Å². The predicted molar refractivity (Wildman–Crippen MR) is 106 cm³/mol. The van der Waals surface area contributed by atoms with Crippen molar-refractivity contribution in [2.24, 2.45) is 0 Å². The SMILES string of the molecule is COc1cccc(OC)c1C(=O)Nc1nc(-c2ccc3c(c2)OCCO3)cs1. The molecule has 0 saturated carbocycles. The molecule has 0 spiro atoms. The first kappa shape index (κ1) is 18.1. The summed E-state index contributed by atoms with van der Waals surface area (Å²) < 4.78 is 21.7. The number of anilines is 1. The Labute approximate surface area is 165 Å². The number of ether oxygens (including phenoxy) is 4. The molecule has 0 radical (unpaired) electrons. The second-order valence-electron chi connectivity index (χ2n) is 5.89. The molecule has 144 valence electrons. The highest BCUT2D eigenvalue weighted by Crippen LogP contribution is 2.36. The molecule has 2 aromatic carbocycles. The maximum Gasteiger partial charge on any atom is 0.265 e. The zero-order valence-corrected chi connectivity index (χ0v) is 16.2. The minimum atomic E-state index is -0.350. The number of nitrogens with zero attached hydrogens (tertiary/aromatic N) is 1. The normalized spacial score (nSPS) is 12.4. The molecule has 1 aliphatic heterocycles. The molecule has 0 fully saturated rings. The number of methoxy groups -OCH3 is 2. The van der Waals surface area contributed by atoms with Crippen molar-refractivity contribution in [3.63, 3.8) is 0 Å². The van der Waals surface area contributed by atoms with Crippen molar-refractivity contribution in [2.75, 3.05) is 32.8 Å². The quantitative estimate of drug-likeness (QED) is 0.703. The van der Waals surface area contributed by atoms with Crippen molar-refractivity contribution in [2.45, 2.75) is 0 Å². The van der Waals surface area contributed by atoms with E-state index in [0.29, 0.717) is 41.2 Å². The Bertz CT molecular complexity index is 995. The van der Waals surface area contributed by atoms with Gasteiger partial charge in [-0.1, -0.05) is 6.07 Å². The highest BCUT2D eigenvalue weighted by molar-refractivity contribution is 7.14. The molecule has 2 heterocycles. The molecule has 1 amide bonds. The van der Waals surface area contributed by atoms with E-state index >= 15 is 0 Å². The van der Waals surface area contributed by atoms with Gasteiger partial charge in [0.15, 0.2) is 16.6 Å². The summed E-state index contributed by atoms with van der Waals surface area (Å²) >= 11 is 1.33. The number of benzene rings is 2. The second kappa shape index (κ2) is 7.77. The predicted octanol–water partition coefficient (Wildman–Crippen LogP) is 3.85. The molecule has 1 N–H and O–H groups in total. The van der Waals surface area contributed by atoms with Crippen molar-refractivity contribution in [1.82, 2.24) is 4.98 Å². The van der Waals surface area contributed by atoms with Crippen LogP contribution in [0.25, 0.3) is 11.3 Å². The van der Waals surface area contributed by atoms with E-state index in [9.17, 15) is 4.79 Å². The van der Waals surface area contributed by atoms with Crippen LogP contribution in [0.5, 0.6) is 23.0 Å². The number of carbonyl (C=O) groups excluding carboxylic acids is 1. The maximum absolute atomic E-state index is 12.8. The fourth-order valence-electron chi connectivity index (χ4n) is 2.90. The summed E-state index contributed by atoms with van der Waals surface area (Å²) in [4.78, 5) is 17.3. The molecule has 1 aliphatic rings. The molecule has 3 aromatic rings. The monoisotopic (exact) mass is 398 g/mol. The number of hydrogen-bond acceptors (Lipinski definition) is 7. The number of rotatable bonds is 5. The smallest absolute Gasteiger partial charge is 0.265 e. The fraction of sp³-hybridized carbons (Fsp3) is 0.200. The molecule has 7 nitrogen and oxygen atoms in total. The minimum Gasteiger partial charge on any atom is -0.496 e. The third kappa shape index (κ3) is 3.46. The molecule has 28 heavy (non-hydrogen) atoms. The van der Waals surface area contributed by atoms with Crippen LogP contribution in [0.15, 0.2) is 41.8 Å². The van der Waals surface area contributed by atoms with Crippen LogP contribution in [0.1, 0.15) is 10.4 Å². The van der Waals surface area contributed by atoms with Gasteiger partial charge in [0.25, 0.3) is 5.91 Å². The van der Waals surface area contributed by atoms with Crippen molar-refractivity contribution >= 4 is 22.4 Å². The van der Waals surface area contributed by atoms with Gasteiger partial charge in [-0.3, -0.25) is 10.1 Å². The second-order valence-corrected chi connectivity index (χ2v) is 6.75. The molecular weight excluding hydrogens is 380 g/mol. The van der Waals surface area contributed by atoms with E-state index in [1.54, 1.807) is 18.2 Å². The highest BCUT2D eigenvalue weighted by Gasteiger charge is 2.20. The summed E-state index contributed by atoms with van der Waals surface area (Å²) in [5.74, 6) is 1.93. The Hall–Kier alpha value is -3.26. The molecule has 0 aliphatic carbocycles. The lowest BCUT2D eigenvalue weighted by Gasteiger charge is -2.18.